The summed E-state index contributed by atoms with van der Waals surface area (Å²) in [7, 11) is -3.16. The van der Waals surface area contributed by atoms with Gasteiger partial charge in [0.05, 0.1) is 9.92 Å². The minimum Gasteiger partial charge on any atom is -0.378 e. The van der Waals surface area contributed by atoms with E-state index in [1.807, 2.05) is 37.3 Å². The van der Waals surface area contributed by atoms with Crippen LogP contribution >= 0.6 is 27.5 Å². The highest BCUT2D eigenvalue weighted by Crippen LogP contribution is 2.28. The molecule has 2 rings (SSSR count). The van der Waals surface area contributed by atoms with Crippen LogP contribution in [0.3, 0.4) is 0 Å². The summed E-state index contributed by atoms with van der Waals surface area (Å²) in [4.78, 5) is 0.324. The third-order valence-electron chi connectivity index (χ3n) is 3.11. The van der Waals surface area contributed by atoms with Crippen LogP contribution in [0.5, 0.6) is 0 Å². The molecule has 2 aromatic carbocycles. The highest BCUT2D eigenvalue weighted by Gasteiger charge is 2.10. The molecule has 1 atom stereocenters. The Hall–Kier alpha value is -1.04. The standard InChI is InChI=1S/C15H15BrClNO2S/c1-10(18-12-5-8-14(16)15(17)9-12)11-3-6-13(7-4-11)21(2,19)20/h3-10,18H,1-2H3. The third kappa shape index (κ3) is 4.22. The lowest BCUT2D eigenvalue weighted by atomic mass is 10.1. The van der Waals surface area contributed by atoms with E-state index < -0.39 is 9.84 Å². The lowest BCUT2D eigenvalue weighted by Gasteiger charge is -2.16. The van der Waals surface area contributed by atoms with Crippen molar-refractivity contribution in [3.63, 3.8) is 0 Å². The number of sulfone groups is 1. The number of hydrogen-bond donors (Lipinski definition) is 1. The van der Waals surface area contributed by atoms with Gasteiger partial charge in [0.15, 0.2) is 9.84 Å². The fourth-order valence-corrected chi connectivity index (χ4v) is 2.98. The molecule has 0 spiro atoms. The van der Waals surface area contributed by atoms with Gasteiger partial charge in [-0.15, -0.1) is 0 Å². The number of rotatable bonds is 4. The van der Waals surface area contributed by atoms with Crippen molar-refractivity contribution in [2.24, 2.45) is 0 Å². The lowest BCUT2D eigenvalue weighted by Crippen LogP contribution is -2.07. The van der Waals surface area contributed by atoms with E-state index in [4.69, 9.17) is 11.6 Å². The van der Waals surface area contributed by atoms with E-state index in [-0.39, 0.29) is 6.04 Å². The molecule has 0 saturated heterocycles. The molecule has 0 aliphatic heterocycles. The molecular formula is C15H15BrClNO2S. The zero-order valence-corrected chi connectivity index (χ0v) is 14.8. The molecule has 3 nitrogen and oxygen atoms in total. The van der Waals surface area contributed by atoms with Crippen LogP contribution in [-0.2, 0) is 9.84 Å². The van der Waals surface area contributed by atoms with Gasteiger partial charge in [0, 0.05) is 22.5 Å². The minimum atomic E-state index is -3.16. The molecule has 1 N–H and O–H groups in total. The van der Waals surface area contributed by atoms with Crippen LogP contribution in [0.15, 0.2) is 51.8 Å². The van der Waals surface area contributed by atoms with Crippen molar-refractivity contribution in [2.45, 2.75) is 17.9 Å². The number of nitrogens with one attached hydrogen (secondary N) is 1. The van der Waals surface area contributed by atoms with Gasteiger partial charge in [-0.1, -0.05) is 23.7 Å². The second-order valence-corrected chi connectivity index (χ2v) is 8.11. The van der Waals surface area contributed by atoms with Crippen molar-refractivity contribution in [1.82, 2.24) is 0 Å². The van der Waals surface area contributed by atoms with Crippen molar-refractivity contribution < 1.29 is 8.42 Å². The van der Waals surface area contributed by atoms with Crippen LogP contribution in [0.25, 0.3) is 0 Å². The van der Waals surface area contributed by atoms with Crippen molar-refractivity contribution in [1.29, 1.82) is 0 Å². The van der Waals surface area contributed by atoms with Gasteiger partial charge in [0.2, 0.25) is 0 Å². The van der Waals surface area contributed by atoms with Gasteiger partial charge < -0.3 is 5.32 Å². The summed E-state index contributed by atoms with van der Waals surface area (Å²) in [5, 5.41) is 3.97. The zero-order chi connectivity index (χ0) is 15.6. The fourth-order valence-electron chi connectivity index (χ4n) is 1.92. The smallest absolute Gasteiger partial charge is 0.175 e. The van der Waals surface area contributed by atoms with E-state index >= 15 is 0 Å². The molecule has 0 fully saturated rings. The third-order valence-corrected chi connectivity index (χ3v) is 5.47. The maximum Gasteiger partial charge on any atom is 0.175 e. The Morgan fingerprint density at radius 1 is 1.14 bits per heavy atom. The summed E-state index contributed by atoms with van der Waals surface area (Å²) in [6.07, 6.45) is 1.20. The summed E-state index contributed by atoms with van der Waals surface area (Å²) in [6, 6.07) is 12.6. The first-order chi connectivity index (χ1) is 9.77. The Bertz CT molecular complexity index is 745. The molecule has 0 aliphatic carbocycles. The van der Waals surface area contributed by atoms with E-state index in [1.54, 1.807) is 12.1 Å². The molecule has 1 unspecified atom stereocenters. The van der Waals surface area contributed by atoms with Crippen molar-refractivity contribution >= 4 is 43.1 Å². The number of anilines is 1. The van der Waals surface area contributed by atoms with Crippen LogP contribution in [0, 0.1) is 0 Å². The van der Waals surface area contributed by atoms with Gasteiger partial charge in [-0.05, 0) is 58.7 Å². The van der Waals surface area contributed by atoms with Gasteiger partial charge in [-0.3, -0.25) is 0 Å². The molecule has 0 amide bonds. The van der Waals surface area contributed by atoms with Crippen molar-refractivity contribution in [3.8, 4) is 0 Å². The second kappa shape index (κ2) is 6.38. The van der Waals surface area contributed by atoms with E-state index in [1.165, 1.54) is 6.26 Å². The Kier molecular flexibility index (Phi) is 4.96. The molecule has 0 bridgehead atoms. The molecule has 21 heavy (non-hydrogen) atoms. The molecule has 0 aliphatic rings. The maximum atomic E-state index is 11.4. The van der Waals surface area contributed by atoms with Gasteiger partial charge in [0.1, 0.15) is 0 Å². The molecule has 0 radical (unpaired) electrons. The number of hydrogen-bond acceptors (Lipinski definition) is 3. The van der Waals surface area contributed by atoms with Crippen LogP contribution in [0.2, 0.25) is 5.02 Å². The normalized spacial score (nSPS) is 13.0. The maximum absolute atomic E-state index is 11.4. The minimum absolute atomic E-state index is 0.0378. The molecule has 6 heteroatoms. The van der Waals surface area contributed by atoms with Crippen LogP contribution < -0.4 is 5.32 Å². The first-order valence-electron chi connectivity index (χ1n) is 6.29. The molecular weight excluding hydrogens is 374 g/mol. The topological polar surface area (TPSA) is 46.2 Å². The van der Waals surface area contributed by atoms with Gasteiger partial charge in [-0.25, -0.2) is 8.42 Å². The van der Waals surface area contributed by atoms with Gasteiger partial charge >= 0.3 is 0 Å². The SMILES string of the molecule is CC(Nc1ccc(Br)c(Cl)c1)c1ccc(S(C)(=O)=O)cc1. The first kappa shape index (κ1) is 16.3. The summed E-state index contributed by atoms with van der Waals surface area (Å²) >= 11 is 9.41. The highest BCUT2D eigenvalue weighted by molar-refractivity contribution is 9.10. The van der Waals surface area contributed by atoms with E-state index in [0.717, 1.165) is 15.7 Å². The Morgan fingerprint density at radius 3 is 2.29 bits per heavy atom. The predicted molar refractivity (Wildman–Crippen MR) is 90.7 cm³/mol. The molecule has 112 valence electrons. The zero-order valence-electron chi connectivity index (χ0n) is 11.6. The molecule has 0 heterocycles. The summed E-state index contributed by atoms with van der Waals surface area (Å²) in [5.41, 5.74) is 1.91. The predicted octanol–water partition coefficient (Wildman–Crippen LogP) is 4.68. The highest BCUT2D eigenvalue weighted by atomic mass is 79.9. The van der Waals surface area contributed by atoms with Gasteiger partial charge in [0.25, 0.3) is 0 Å². The van der Waals surface area contributed by atoms with Crippen molar-refractivity contribution in [2.75, 3.05) is 11.6 Å². The number of halogens is 2. The lowest BCUT2D eigenvalue weighted by molar-refractivity contribution is 0.602. The van der Waals surface area contributed by atoms with Crippen LogP contribution in [-0.4, -0.2) is 14.7 Å². The second-order valence-electron chi connectivity index (χ2n) is 4.84. The summed E-state index contributed by atoms with van der Waals surface area (Å²) < 4.78 is 23.7. The van der Waals surface area contributed by atoms with Crippen molar-refractivity contribution in [3.05, 3.63) is 57.5 Å². The first-order valence-corrected chi connectivity index (χ1v) is 9.35. The van der Waals surface area contributed by atoms with Crippen LogP contribution in [0.4, 0.5) is 5.69 Å². The average Bonchev–Trinajstić information content (AvgIpc) is 2.42. The van der Waals surface area contributed by atoms with Gasteiger partial charge in [-0.2, -0.15) is 0 Å². The van der Waals surface area contributed by atoms with Crippen LogP contribution in [0.1, 0.15) is 18.5 Å². The molecule has 0 saturated carbocycles. The fraction of sp³-hybridized carbons (Fsp3) is 0.200. The number of benzene rings is 2. The Balaban J connectivity index is 2.16. The summed E-state index contributed by atoms with van der Waals surface area (Å²) in [5.74, 6) is 0. The average molecular weight is 389 g/mol. The Labute approximate surface area is 138 Å². The Morgan fingerprint density at radius 2 is 1.76 bits per heavy atom. The summed E-state index contributed by atoms with van der Waals surface area (Å²) in [6.45, 7) is 2.01. The largest absolute Gasteiger partial charge is 0.378 e. The quantitative estimate of drug-likeness (QED) is 0.827. The molecule has 2 aromatic rings. The van der Waals surface area contributed by atoms with E-state index in [9.17, 15) is 8.42 Å². The van der Waals surface area contributed by atoms with E-state index in [0.29, 0.717) is 9.92 Å². The monoisotopic (exact) mass is 387 g/mol. The van der Waals surface area contributed by atoms with E-state index in [2.05, 4.69) is 21.2 Å². The molecule has 0 aromatic heterocycles.